The van der Waals surface area contributed by atoms with E-state index in [1.54, 1.807) is 12.1 Å². The normalized spacial score (nSPS) is 15.6. The molecule has 1 aliphatic carbocycles. The fraction of sp³-hybridized carbons (Fsp3) is 0.417. The molecule has 0 spiro atoms. The van der Waals surface area contributed by atoms with E-state index in [2.05, 4.69) is 48.7 Å². The maximum atomic E-state index is 12.9. The Bertz CT molecular complexity index is 839. The average Bonchev–Trinajstić information content (AvgIpc) is 3.52. The Kier molecular flexibility index (Phi) is 6.70. The molecule has 1 unspecified atom stereocenters. The second-order valence-corrected chi connectivity index (χ2v) is 8.39. The summed E-state index contributed by atoms with van der Waals surface area (Å²) in [5.41, 5.74) is 4.08. The third kappa shape index (κ3) is 5.91. The van der Waals surface area contributed by atoms with Crippen LogP contribution in [0.3, 0.4) is 0 Å². The molecule has 5 nitrogen and oxygen atoms in total. The van der Waals surface area contributed by atoms with Gasteiger partial charge in [0.05, 0.1) is 6.04 Å². The van der Waals surface area contributed by atoms with Gasteiger partial charge >= 0.3 is 0 Å². The molecule has 1 fully saturated rings. The van der Waals surface area contributed by atoms with E-state index in [0.717, 1.165) is 17.9 Å². The minimum atomic E-state index is -0.137. The van der Waals surface area contributed by atoms with Gasteiger partial charge in [0.1, 0.15) is 6.54 Å². The SMILES string of the molecule is CC(=O)Nc1ccc(NC(=O)[C@@H](C)[NH+](Cc2ccc(C(C)C)cc2)C2CC2)cc1. The molecule has 2 atom stereocenters. The summed E-state index contributed by atoms with van der Waals surface area (Å²) in [6.45, 7) is 8.75. The summed E-state index contributed by atoms with van der Waals surface area (Å²) in [5, 5.41) is 5.75. The summed E-state index contributed by atoms with van der Waals surface area (Å²) in [6.07, 6.45) is 2.37. The van der Waals surface area contributed by atoms with Crippen molar-refractivity contribution in [2.45, 2.75) is 65.1 Å². The van der Waals surface area contributed by atoms with Gasteiger partial charge < -0.3 is 15.5 Å². The molecule has 154 valence electrons. The first kappa shape index (κ1) is 21.1. The number of hydrogen-bond donors (Lipinski definition) is 3. The molecule has 3 N–H and O–H groups in total. The van der Waals surface area contributed by atoms with Crippen LogP contribution in [0.4, 0.5) is 11.4 Å². The van der Waals surface area contributed by atoms with E-state index in [0.29, 0.717) is 12.0 Å². The van der Waals surface area contributed by atoms with E-state index in [-0.39, 0.29) is 17.9 Å². The van der Waals surface area contributed by atoms with Gasteiger partial charge in [0.2, 0.25) is 5.91 Å². The van der Waals surface area contributed by atoms with Gasteiger partial charge in [-0.2, -0.15) is 0 Å². The first-order chi connectivity index (χ1) is 13.8. The predicted octanol–water partition coefficient (Wildman–Crippen LogP) is 3.34. The van der Waals surface area contributed by atoms with Crippen LogP contribution in [0.25, 0.3) is 0 Å². The third-order valence-electron chi connectivity index (χ3n) is 5.58. The summed E-state index contributed by atoms with van der Waals surface area (Å²) < 4.78 is 0. The second kappa shape index (κ2) is 9.23. The zero-order valence-electron chi connectivity index (χ0n) is 17.8. The number of quaternary nitrogens is 1. The van der Waals surface area contributed by atoms with Crippen molar-refractivity contribution in [3.63, 3.8) is 0 Å². The van der Waals surface area contributed by atoms with E-state index >= 15 is 0 Å². The number of hydrogen-bond acceptors (Lipinski definition) is 2. The van der Waals surface area contributed by atoms with Crippen LogP contribution in [0.1, 0.15) is 57.6 Å². The smallest absolute Gasteiger partial charge is 0.282 e. The molecule has 0 heterocycles. The highest BCUT2D eigenvalue weighted by Crippen LogP contribution is 2.19. The molecule has 0 saturated heterocycles. The highest BCUT2D eigenvalue weighted by atomic mass is 16.2. The predicted molar refractivity (Wildman–Crippen MR) is 117 cm³/mol. The van der Waals surface area contributed by atoms with Gasteiger partial charge in [-0.15, -0.1) is 0 Å². The molecule has 5 heteroatoms. The van der Waals surface area contributed by atoms with Crippen molar-refractivity contribution in [1.82, 2.24) is 0 Å². The molecule has 1 aliphatic rings. The van der Waals surface area contributed by atoms with Crippen LogP contribution in [-0.4, -0.2) is 23.9 Å². The number of nitrogens with one attached hydrogen (secondary N) is 3. The number of carbonyl (C=O) groups excluding carboxylic acids is 2. The molecule has 0 bridgehead atoms. The van der Waals surface area contributed by atoms with Crippen LogP contribution in [0.5, 0.6) is 0 Å². The van der Waals surface area contributed by atoms with Crippen LogP contribution in [-0.2, 0) is 16.1 Å². The zero-order chi connectivity index (χ0) is 21.0. The molecule has 0 radical (unpaired) electrons. The fourth-order valence-electron chi connectivity index (χ4n) is 3.62. The molecule has 2 aromatic carbocycles. The summed E-state index contributed by atoms with van der Waals surface area (Å²) in [7, 11) is 0. The topological polar surface area (TPSA) is 62.6 Å². The van der Waals surface area contributed by atoms with Crippen molar-refractivity contribution in [3.05, 3.63) is 59.7 Å². The van der Waals surface area contributed by atoms with Crippen LogP contribution in [0.15, 0.2) is 48.5 Å². The zero-order valence-corrected chi connectivity index (χ0v) is 17.8. The van der Waals surface area contributed by atoms with Crippen LogP contribution in [0, 0.1) is 0 Å². The standard InChI is InChI=1S/C24H31N3O2/c1-16(2)20-7-5-19(6-8-20)15-27(23-13-14-23)17(3)24(29)26-22-11-9-21(10-12-22)25-18(4)28/h5-12,16-17,23H,13-15H2,1-4H3,(H,25,28)(H,26,29)/p+1/t17-/m1/s1. The highest BCUT2D eigenvalue weighted by molar-refractivity contribution is 5.94. The maximum absolute atomic E-state index is 12.9. The molecule has 0 aliphatic heterocycles. The first-order valence-electron chi connectivity index (χ1n) is 10.5. The second-order valence-electron chi connectivity index (χ2n) is 8.39. The highest BCUT2D eigenvalue weighted by Gasteiger charge is 2.39. The minimum absolute atomic E-state index is 0.0259. The molecular formula is C24H32N3O2+. The Morgan fingerprint density at radius 1 is 0.931 bits per heavy atom. The fourth-order valence-corrected chi connectivity index (χ4v) is 3.62. The number of amides is 2. The molecule has 1 saturated carbocycles. The van der Waals surface area contributed by atoms with E-state index in [9.17, 15) is 9.59 Å². The quantitative estimate of drug-likeness (QED) is 0.643. The lowest BCUT2D eigenvalue weighted by atomic mass is 10.0. The first-order valence-corrected chi connectivity index (χ1v) is 10.5. The number of carbonyl (C=O) groups is 2. The van der Waals surface area contributed by atoms with Gasteiger partial charge in [0, 0.05) is 36.7 Å². The van der Waals surface area contributed by atoms with Crippen molar-refractivity contribution in [2.24, 2.45) is 0 Å². The lowest BCUT2D eigenvalue weighted by Crippen LogP contribution is -3.16. The van der Waals surface area contributed by atoms with Gasteiger partial charge in [0.25, 0.3) is 5.91 Å². The van der Waals surface area contributed by atoms with Crippen molar-refractivity contribution >= 4 is 23.2 Å². The van der Waals surface area contributed by atoms with E-state index < -0.39 is 0 Å². The third-order valence-corrected chi connectivity index (χ3v) is 5.58. The molecular weight excluding hydrogens is 362 g/mol. The van der Waals surface area contributed by atoms with Crippen molar-refractivity contribution in [3.8, 4) is 0 Å². The molecule has 3 rings (SSSR count). The van der Waals surface area contributed by atoms with E-state index in [1.165, 1.54) is 35.8 Å². The number of anilines is 2. The summed E-state index contributed by atoms with van der Waals surface area (Å²) in [6, 6.07) is 16.4. The lowest BCUT2D eigenvalue weighted by Gasteiger charge is -2.25. The van der Waals surface area contributed by atoms with Crippen molar-refractivity contribution in [2.75, 3.05) is 10.6 Å². The van der Waals surface area contributed by atoms with E-state index in [1.807, 2.05) is 19.1 Å². The van der Waals surface area contributed by atoms with Gasteiger partial charge in [0.15, 0.2) is 6.04 Å². The van der Waals surface area contributed by atoms with Crippen LogP contribution in [0.2, 0.25) is 0 Å². The van der Waals surface area contributed by atoms with Crippen LogP contribution >= 0.6 is 0 Å². The Morgan fingerprint density at radius 3 is 1.97 bits per heavy atom. The Hall–Kier alpha value is -2.66. The lowest BCUT2D eigenvalue weighted by molar-refractivity contribution is -0.938. The van der Waals surface area contributed by atoms with Crippen molar-refractivity contribution < 1.29 is 14.5 Å². The van der Waals surface area contributed by atoms with Crippen molar-refractivity contribution in [1.29, 1.82) is 0 Å². The van der Waals surface area contributed by atoms with E-state index in [4.69, 9.17) is 0 Å². The summed E-state index contributed by atoms with van der Waals surface area (Å²) >= 11 is 0. The Labute approximate surface area is 173 Å². The van der Waals surface area contributed by atoms with Crippen LogP contribution < -0.4 is 15.5 Å². The largest absolute Gasteiger partial charge is 0.326 e. The number of benzene rings is 2. The summed E-state index contributed by atoms with van der Waals surface area (Å²) in [5.74, 6) is 0.441. The summed E-state index contributed by atoms with van der Waals surface area (Å²) in [4.78, 5) is 25.3. The molecule has 2 amide bonds. The minimum Gasteiger partial charge on any atom is -0.326 e. The number of rotatable bonds is 8. The van der Waals surface area contributed by atoms with Gasteiger partial charge in [-0.1, -0.05) is 38.1 Å². The monoisotopic (exact) mass is 394 g/mol. The van der Waals surface area contributed by atoms with Gasteiger partial charge in [-0.3, -0.25) is 9.59 Å². The Morgan fingerprint density at radius 2 is 1.48 bits per heavy atom. The average molecular weight is 395 g/mol. The molecule has 0 aromatic heterocycles. The van der Waals surface area contributed by atoms with Gasteiger partial charge in [-0.05, 0) is 42.7 Å². The maximum Gasteiger partial charge on any atom is 0.282 e. The molecule has 2 aromatic rings. The molecule has 29 heavy (non-hydrogen) atoms. The Balaban J connectivity index is 1.63. The van der Waals surface area contributed by atoms with Gasteiger partial charge in [-0.25, -0.2) is 0 Å².